The first kappa shape index (κ1) is 21.6. The quantitative estimate of drug-likeness (QED) is 0.396. The Labute approximate surface area is 168 Å². The molecule has 2 aromatic rings. The van der Waals surface area contributed by atoms with Crippen LogP contribution >= 0.6 is 0 Å². The third kappa shape index (κ3) is 6.17. The average molecular weight is 398 g/mol. The molecular formula is C21H22N2O6. The van der Waals surface area contributed by atoms with Gasteiger partial charge in [0.15, 0.2) is 5.82 Å². The lowest BCUT2D eigenvalue weighted by Crippen LogP contribution is -2.12. The van der Waals surface area contributed by atoms with Crippen LogP contribution in [0.15, 0.2) is 54.1 Å². The molecule has 0 spiro atoms. The number of ether oxygens (including phenoxy) is 2. The molecule has 0 saturated heterocycles. The lowest BCUT2D eigenvalue weighted by Gasteiger charge is -2.11. The molecule has 0 radical (unpaired) electrons. The van der Waals surface area contributed by atoms with Crippen molar-refractivity contribution in [1.82, 2.24) is 9.97 Å². The summed E-state index contributed by atoms with van der Waals surface area (Å²) in [5.41, 5.74) is 1.31. The van der Waals surface area contributed by atoms with Gasteiger partial charge >= 0.3 is 11.9 Å². The monoisotopic (exact) mass is 398 g/mol. The van der Waals surface area contributed by atoms with E-state index >= 15 is 0 Å². The van der Waals surface area contributed by atoms with Crippen LogP contribution in [0, 0.1) is 0 Å². The van der Waals surface area contributed by atoms with Crippen molar-refractivity contribution in [3.63, 3.8) is 0 Å². The van der Waals surface area contributed by atoms with Crippen molar-refractivity contribution in [2.75, 3.05) is 13.2 Å². The molecule has 0 amide bonds. The number of hydrogen-bond donors (Lipinski definition) is 2. The number of esters is 2. The van der Waals surface area contributed by atoms with Gasteiger partial charge in [0.05, 0.1) is 18.9 Å². The summed E-state index contributed by atoms with van der Waals surface area (Å²) in [6, 6.07) is 10.7. The number of aliphatic hydroxyl groups is 2. The zero-order valence-electron chi connectivity index (χ0n) is 16.2. The zero-order chi connectivity index (χ0) is 21.2. The van der Waals surface area contributed by atoms with E-state index in [9.17, 15) is 19.8 Å². The van der Waals surface area contributed by atoms with E-state index in [1.165, 1.54) is 12.3 Å². The Balaban J connectivity index is 2.46. The van der Waals surface area contributed by atoms with Gasteiger partial charge in [-0.2, -0.15) is 0 Å². The van der Waals surface area contributed by atoms with Gasteiger partial charge in [-0.3, -0.25) is 0 Å². The highest BCUT2D eigenvalue weighted by atomic mass is 16.5. The number of hydrogen-bond acceptors (Lipinski definition) is 8. The molecule has 1 aromatic heterocycles. The highest BCUT2D eigenvalue weighted by Crippen LogP contribution is 2.22. The highest BCUT2D eigenvalue weighted by molar-refractivity contribution is 5.95. The first-order chi connectivity index (χ1) is 14.0. The van der Waals surface area contributed by atoms with Crippen molar-refractivity contribution < 1.29 is 29.3 Å². The maximum atomic E-state index is 12.1. The standard InChI is InChI=1S/C21H22N2O6/c1-3-28-20(26)17(24)13-18-22-11-10-16(23-18)15(19(25)21(27)29-4-2)12-14-8-6-5-7-9-14/h5-11,13,24-25H,3-4,12H2,1-2H3/b17-13-,19-15+. The lowest BCUT2D eigenvalue weighted by molar-refractivity contribution is -0.142. The minimum Gasteiger partial charge on any atom is -0.502 e. The third-order valence-corrected chi connectivity index (χ3v) is 3.71. The van der Waals surface area contributed by atoms with Crippen molar-refractivity contribution in [1.29, 1.82) is 0 Å². The van der Waals surface area contributed by atoms with Gasteiger partial charge in [0.1, 0.15) is 0 Å². The van der Waals surface area contributed by atoms with Gasteiger partial charge in [0, 0.05) is 24.3 Å². The number of carbonyl (C=O) groups excluding carboxylic acids is 2. The van der Waals surface area contributed by atoms with Crippen molar-refractivity contribution >= 4 is 23.6 Å². The highest BCUT2D eigenvalue weighted by Gasteiger charge is 2.19. The van der Waals surface area contributed by atoms with Crippen molar-refractivity contribution in [3.8, 4) is 0 Å². The smallest absolute Gasteiger partial charge is 0.373 e. The van der Waals surface area contributed by atoms with Crippen molar-refractivity contribution in [3.05, 3.63) is 71.2 Å². The SMILES string of the molecule is CCOC(=O)/C(O)=C/c1nccc(/C(Cc2ccccc2)=C(/O)C(=O)OCC)n1. The number of rotatable bonds is 8. The average Bonchev–Trinajstić information content (AvgIpc) is 2.72. The van der Waals surface area contributed by atoms with Crippen LogP contribution in [0.25, 0.3) is 11.6 Å². The van der Waals surface area contributed by atoms with Crippen LogP contribution in [-0.4, -0.2) is 45.3 Å². The second kappa shape index (κ2) is 10.6. The Kier molecular flexibility index (Phi) is 7.90. The first-order valence-electron chi connectivity index (χ1n) is 9.00. The van der Waals surface area contributed by atoms with Gasteiger partial charge in [-0.1, -0.05) is 30.3 Å². The number of aliphatic hydroxyl groups excluding tert-OH is 2. The fraction of sp³-hybridized carbons (Fsp3) is 0.238. The fourth-order valence-electron chi connectivity index (χ4n) is 2.42. The van der Waals surface area contributed by atoms with Crippen molar-refractivity contribution in [2.45, 2.75) is 20.3 Å². The molecule has 29 heavy (non-hydrogen) atoms. The normalized spacial score (nSPS) is 12.1. The summed E-state index contributed by atoms with van der Waals surface area (Å²) < 4.78 is 9.60. The molecule has 1 aromatic carbocycles. The number of allylic oxidation sites excluding steroid dienone is 1. The van der Waals surface area contributed by atoms with Gasteiger partial charge in [-0.05, 0) is 25.5 Å². The van der Waals surface area contributed by atoms with Crippen molar-refractivity contribution in [2.24, 2.45) is 0 Å². The van der Waals surface area contributed by atoms with Crippen LogP contribution in [0.5, 0.6) is 0 Å². The maximum Gasteiger partial charge on any atom is 0.373 e. The maximum absolute atomic E-state index is 12.1. The van der Waals surface area contributed by atoms with E-state index in [0.717, 1.165) is 11.6 Å². The summed E-state index contributed by atoms with van der Waals surface area (Å²) in [6.45, 7) is 3.45. The molecule has 1 heterocycles. The molecule has 0 atom stereocenters. The molecule has 0 saturated carbocycles. The molecule has 0 fully saturated rings. The number of benzene rings is 1. The van der Waals surface area contributed by atoms with Crippen LogP contribution in [0.1, 0.15) is 30.9 Å². The summed E-state index contributed by atoms with van der Waals surface area (Å²) in [4.78, 5) is 31.9. The van der Waals surface area contributed by atoms with E-state index < -0.39 is 23.5 Å². The summed E-state index contributed by atoms with van der Waals surface area (Å²) in [6.07, 6.45) is 2.63. The molecule has 2 N–H and O–H groups in total. The molecule has 0 bridgehead atoms. The van der Waals surface area contributed by atoms with E-state index in [1.54, 1.807) is 13.8 Å². The predicted molar refractivity (Wildman–Crippen MR) is 106 cm³/mol. The van der Waals surface area contributed by atoms with Crippen LogP contribution < -0.4 is 0 Å². The molecule has 0 aliphatic rings. The number of aromatic nitrogens is 2. The van der Waals surface area contributed by atoms with Gasteiger partial charge in [-0.15, -0.1) is 0 Å². The Morgan fingerprint density at radius 3 is 2.31 bits per heavy atom. The van der Waals surface area contributed by atoms with Crippen LogP contribution in [0.4, 0.5) is 0 Å². The molecule has 152 valence electrons. The summed E-state index contributed by atoms with van der Waals surface area (Å²) >= 11 is 0. The van der Waals surface area contributed by atoms with Gasteiger partial charge < -0.3 is 19.7 Å². The van der Waals surface area contributed by atoms with Crippen LogP contribution in [-0.2, 0) is 25.5 Å². The molecule has 8 heteroatoms. The Morgan fingerprint density at radius 2 is 1.66 bits per heavy atom. The Hall–Kier alpha value is -3.68. The molecule has 0 aliphatic carbocycles. The summed E-state index contributed by atoms with van der Waals surface area (Å²) in [5.74, 6) is -3.00. The zero-order valence-corrected chi connectivity index (χ0v) is 16.2. The fourth-order valence-corrected chi connectivity index (χ4v) is 2.42. The first-order valence-corrected chi connectivity index (χ1v) is 9.00. The lowest BCUT2D eigenvalue weighted by atomic mass is 10.0. The summed E-state index contributed by atoms with van der Waals surface area (Å²) in [7, 11) is 0. The molecular weight excluding hydrogens is 376 g/mol. The second-order valence-electron chi connectivity index (χ2n) is 5.76. The largest absolute Gasteiger partial charge is 0.502 e. The van der Waals surface area contributed by atoms with Crippen LogP contribution in [0.3, 0.4) is 0 Å². The van der Waals surface area contributed by atoms with Gasteiger partial charge in [0.25, 0.3) is 0 Å². The Morgan fingerprint density at radius 1 is 1.00 bits per heavy atom. The molecule has 0 aliphatic heterocycles. The van der Waals surface area contributed by atoms with Gasteiger partial charge in [0.2, 0.25) is 11.5 Å². The minimum absolute atomic E-state index is 0.00951. The van der Waals surface area contributed by atoms with E-state index in [4.69, 9.17) is 9.47 Å². The number of nitrogens with zero attached hydrogens (tertiary/aromatic N) is 2. The van der Waals surface area contributed by atoms with Gasteiger partial charge in [-0.25, -0.2) is 19.6 Å². The predicted octanol–water partition coefficient (Wildman–Crippen LogP) is 3.01. The second-order valence-corrected chi connectivity index (χ2v) is 5.76. The van der Waals surface area contributed by atoms with E-state index in [-0.39, 0.29) is 36.7 Å². The Bertz CT molecular complexity index is 922. The van der Waals surface area contributed by atoms with E-state index in [0.29, 0.717) is 0 Å². The minimum atomic E-state index is -0.907. The molecule has 2 rings (SSSR count). The molecule has 8 nitrogen and oxygen atoms in total. The molecule has 0 unspecified atom stereocenters. The number of carbonyl (C=O) groups is 2. The van der Waals surface area contributed by atoms with E-state index in [1.807, 2.05) is 30.3 Å². The third-order valence-electron chi connectivity index (χ3n) is 3.71. The topological polar surface area (TPSA) is 119 Å². The van der Waals surface area contributed by atoms with Crippen LogP contribution in [0.2, 0.25) is 0 Å². The van der Waals surface area contributed by atoms with E-state index in [2.05, 4.69) is 9.97 Å². The summed E-state index contributed by atoms with van der Waals surface area (Å²) in [5, 5.41) is 20.3.